The van der Waals surface area contributed by atoms with Gasteiger partial charge in [-0.1, -0.05) is 76.2 Å². The monoisotopic (exact) mass is 683 g/mol. The topological polar surface area (TPSA) is 67.3 Å². The second kappa shape index (κ2) is 12.9. The Labute approximate surface area is 238 Å². The Balaban J connectivity index is 0.000000248. The largest absolute Gasteiger partial charge is 0.512 e. The molecule has 38 heavy (non-hydrogen) atoms. The molecule has 0 spiro atoms. The Morgan fingerprint density at radius 2 is 1.45 bits per heavy atom. The van der Waals surface area contributed by atoms with Crippen LogP contribution < -0.4 is 0 Å². The molecule has 0 saturated carbocycles. The average molecular weight is 683 g/mol. The average Bonchev–Trinajstić information content (AvgIpc) is 3.15. The summed E-state index contributed by atoms with van der Waals surface area (Å²) < 4.78 is 0. The quantitative estimate of drug-likeness (QED) is 0.112. The minimum atomic E-state index is 0. The van der Waals surface area contributed by atoms with Crippen LogP contribution in [0.2, 0.25) is 0 Å². The normalized spacial score (nSPS) is 12.1. The third-order valence-corrected chi connectivity index (χ3v) is 6.08. The van der Waals surface area contributed by atoms with Gasteiger partial charge in [0.1, 0.15) is 0 Å². The molecule has 0 fully saturated rings. The number of carbonyl (C=O) groups excluding carboxylic acids is 2. The maximum absolute atomic E-state index is 12.9. The molecule has 4 aromatic rings. The van der Waals surface area contributed by atoms with Crippen LogP contribution in [0.15, 0.2) is 84.6 Å². The molecule has 0 atom stereocenters. The second-order valence-electron chi connectivity index (χ2n) is 10.2. The number of benzene rings is 3. The number of carbonyl (C=O) groups is 2. The maximum Gasteiger partial charge on any atom is 0.196 e. The van der Waals surface area contributed by atoms with Crippen LogP contribution in [-0.4, -0.2) is 21.7 Å². The molecular weight excluding hydrogens is 651 g/mol. The third kappa shape index (κ3) is 6.53. The Kier molecular flexibility index (Phi) is 9.90. The number of ketones is 2. The summed E-state index contributed by atoms with van der Waals surface area (Å²) in [6.45, 7) is 8.00. The predicted octanol–water partition coefficient (Wildman–Crippen LogP) is 8.00. The number of nitrogens with zero attached hydrogens (tertiary/aromatic N) is 1. The van der Waals surface area contributed by atoms with Gasteiger partial charge >= 0.3 is 0 Å². The fourth-order valence-corrected chi connectivity index (χ4v) is 4.58. The second-order valence-corrected chi connectivity index (χ2v) is 10.2. The summed E-state index contributed by atoms with van der Waals surface area (Å²) in [6.07, 6.45) is 2.46. The number of allylic oxidation sites excluding steroid dienone is 2. The summed E-state index contributed by atoms with van der Waals surface area (Å²) in [7, 11) is 0. The van der Waals surface area contributed by atoms with E-state index in [0.29, 0.717) is 30.2 Å². The number of hydrogen-bond donors (Lipinski definition) is 1. The van der Waals surface area contributed by atoms with E-state index in [9.17, 15) is 14.7 Å². The van der Waals surface area contributed by atoms with Gasteiger partial charge in [0.05, 0.1) is 17.0 Å². The molecular formula is C33H32IrNO3-. The van der Waals surface area contributed by atoms with Gasteiger partial charge in [0.2, 0.25) is 0 Å². The van der Waals surface area contributed by atoms with E-state index < -0.39 is 0 Å². The third-order valence-electron chi connectivity index (χ3n) is 6.08. The smallest absolute Gasteiger partial charge is 0.196 e. The van der Waals surface area contributed by atoms with Gasteiger partial charge < -0.3 is 5.11 Å². The molecule has 0 bridgehead atoms. The van der Waals surface area contributed by atoms with Gasteiger partial charge in [0, 0.05) is 50.1 Å². The number of rotatable bonds is 6. The van der Waals surface area contributed by atoms with Crippen LogP contribution >= 0.6 is 0 Å². The molecule has 3 aromatic carbocycles. The summed E-state index contributed by atoms with van der Waals surface area (Å²) in [4.78, 5) is 29.0. The van der Waals surface area contributed by atoms with Gasteiger partial charge in [0.15, 0.2) is 11.6 Å². The minimum Gasteiger partial charge on any atom is -0.512 e. The maximum atomic E-state index is 12.9. The van der Waals surface area contributed by atoms with Gasteiger partial charge in [-0.3, -0.25) is 14.6 Å². The Hall–Kier alpha value is -3.40. The van der Waals surface area contributed by atoms with Crippen molar-refractivity contribution in [2.75, 3.05) is 0 Å². The predicted molar refractivity (Wildman–Crippen MR) is 150 cm³/mol. The standard InChI is InChI=1S/C22H12NO.C11H20O2.Ir/c24-22-18-13-7-6-12-17(18)21-19(22)15-10-4-5-11-16(15)20(23-21)14-8-2-1-3-9-14;1-8(2)5-10(12)7-11(13)6-9(3)4;/h1-8,10-13H;7-9,12H,5-6H2,1-4H3;/q-1;;/b;10-7-;. The van der Waals surface area contributed by atoms with Crippen molar-refractivity contribution < 1.29 is 34.8 Å². The van der Waals surface area contributed by atoms with E-state index in [0.717, 1.165) is 38.9 Å². The van der Waals surface area contributed by atoms with Crippen molar-refractivity contribution in [3.05, 3.63) is 102 Å². The van der Waals surface area contributed by atoms with Crippen LogP contribution in [0.1, 0.15) is 56.5 Å². The van der Waals surface area contributed by atoms with Gasteiger partial charge in [0.25, 0.3) is 0 Å². The number of fused-ring (bicyclic) bond motifs is 5. The summed E-state index contributed by atoms with van der Waals surface area (Å²) in [5.74, 6) is 1.04. The van der Waals surface area contributed by atoms with E-state index in [1.165, 1.54) is 6.08 Å². The summed E-state index contributed by atoms with van der Waals surface area (Å²) >= 11 is 0. The van der Waals surface area contributed by atoms with Gasteiger partial charge in [-0.15, -0.1) is 35.9 Å². The van der Waals surface area contributed by atoms with Crippen molar-refractivity contribution in [3.63, 3.8) is 0 Å². The molecule has 1 aliphatic rings. The summed E-state index contributed by atoms with van der Waals surface area (Å²) in [5, 5.41) is 11.3. The van der Waals surface area contributed by atoms with Crippen LogP contribution in [0.5, 0.6) is 0 Å². The zero-order chi connectivity index (χ0) is 26.5. The molecule has 1 heterocycles. The molecule has 1 aliphatic carbocycles. The van der Waals surface area contributed by atoms with Gasteiger partial charge in [-0.2, -0.15) is 0 Å². The first-order valence-electron chi connectivity index (χ1n) is 12.7. The fraction of sp³-hybridized carbons (Fsp3) is 0.242. The van der Waals surface area contributed by atoms with E-state index in [4.69, 9.17) is 4.98 Å². The van der Waals surface area contributed by atoms with E-state index >= 15 is 0 Å². The van der Waals surface area contributed by atoms with Crippen molar-refractivity contribution in [1.29, 1.82) is 0 Å². The molecule has 5 rings (SSSR count). The zero-order valence-corrected chi connectivity index (χ0v) is 24.5. The van der Waals surface area contributed by atoms with Crippen LogP contribution in [0.3, 0.4) is 0 Å². The van der Waals surface area contributed by atoms with E-state index in [-0.39, 0.29) is 37.4 Å². The van der Waals surface area contributed by atoms with E-state index in [1.807, 2.05) is 100 Å². The molecule has 1 aromatic heterocycles. The van der Waals surface area contributed by atoms with Crippen molar-refractivity contribution in [3.8, 4) is 22.5 Å². The number of aliphatic hydroxyl groups excluding tert-OH is 1. The van der Waals surface area contributed by atoms with Gasteiger partial charge in [-0.25, -0.2) is 0 Å². The van der Waals surface area contributed by atoms with Crippen LogP contribution in [0.4, 0.5) is 0 Å². The van der Waals surface area contributed by atoms with Crippen LogP contribution in [-0.2, 0) is 24.9 Å². The van der Waals surface area contributed by atoms with E-state index in [2.05, 4.69) is 6.07 Å². The van der Waals surface area contributed by atoms with E-state index in [1.54, 1.807) is 0 Å². The van der Waals surface area contributed by atoms with Crippen LogP contribution in [0, 0.1) is 17.9 Å². The van der Waals surface area contributed by atoms with Crippen molar-refractivity contribution >= 4 is 22.3 Å². The Bertz CT molecular complexity index is 1470. The molecule has 0 amide bonds. The van der Waals surface area contributed by atoms with Crippen molar-refractivity contribution in [2.24, 2.45) is 11.8 Å². The Morgan fingerprint density at radius 1 is 0.842 bits per heavy atom. The van der Waals surface area contributed by atoms with Gasteiger partial charge in [-0.05, 0) is 28.3 Å². The first-order chi connectivity index (χ1) is 17.8. The number of aromatic nitrogens is 1. The molecule has 197 valence electrons. The summed E-state index contributed by atoms with van der Waals surface area (Å²) in [5.41, 5.74) is 4.95. The number of hydrogen-bond acceptors (Lipinski definition) is 4. The molecule has 1 N–H and O–H groups in total. The fourth-order valence-electron chi connectivity index (χ4n) is 4.58. The summed E-state index contributed by atoms with van der Waals surface area (Å²) in [6, 6.07) is 26.7. The van der Waals surface area contributed by atoms with Crippen LogP contribution in [0.25, 0.3) is 33.3 Å². The molecule has 1 radical (unpaired) electrons. The molecule has 0 unspecified atom stereocenters. The zero-order valence-electron chi connectivity index (χ0n) is 22.1. The molecule has 5 heteroatoms. The molecule has 0 saturated heterocycles. The first kappa shape index (κ1) is 29.2. The number of aliphatic hydroxyl groups is 1. The molecule has 0 aliphatic heterocycles. The molecule has 4 nitrogen and oxygen atoms in total. The SMILES string of the molecule is CC(C)CC(=O)/C=C(\O)CC(C)C.O=C1c2ccccc2-c2nc(-c3[c-]cccc3)c3ccccc3c21.[Ir]. The van der Waals surface area contributed by atoms with Crippen molar-refractivity contribution in [1.82, 2.24) is 4.98 Å². The minimum absolute atomic E-state index is 0. The Morgan fingerprint density at radius 3 is 2.08 bits per heavy atom. The first-order valence-corrected chi connectivity index (χ1v) is 12.7. The number of pyridine rings is 1. The van der Waals surface area contributed by atoms with Crippen molar-refractivity contribution in [2.45, 2.75) is 40.5 Å².